The molecule has 0 aliphatic rings. The molecule has 0 heterocycles. The van der Waals surface area contributed by atoms with Crippen LogP contribution in [0.2, 0.25) is 0 Å². The molecule has 1 amide bonds. The van der Waals surface area contributed by atoms with E-state index in [1.165, 1.54) is 0 Å². The van der Waals surface area contributed by atoms with Crippen LogP contribution in [0.25, 0.3) is 0 Å². The molecular weight excluding hydrogens is 240 g/mol. The van der Waals surface area contributed by atoms with E-state index in [9.17, 15) is 4.79 Å². The van der Waals surface area contributed by atoms with Gasteiger partial charge in [-0.2, -0.15) is 0 Å². The van der Waals surface area contributed by atoms with Crippen molar-refractivity contribution in [2.45, 2.75) is 52.8 Å². The van der Waals surface area contributed by atoms with Crippen LogP contribution < -0.4 is 15.8 Å². The third kappa shape index (κ3) is 4.56. The number of amides is 1. The lowest BCUT2D eigenvalue weighted by molar-refractivity contribution is -0.128. The maximum absolute atomic E-state index is 12.0. The molecule has 0 aliphatic heterocycles. The summed E-state index contributed by atoms with van der Waals surface area (Å²) in [4.78, 5) is 12.0. The highest BCUT2D eigenvalue weighted by Gasteiger charge is 2.21. The highest BCUT2D eigenvalue weighted by Crippen LogP contribution is 2.24. The van der Waals surface area contributed by atoms with Gasteiger partial charge >= 0.3 is 0 Å². The molecule has 0 aromatic heterocycles. The van der Waals surface area contributed by atoms with E-state index in [1.54, 1.807) is 6.92 Å². The molecule has 1 aromatic rings. The molecule has 0 spiro atoms. The van der Waals surface area contributed by atoms with E-state index in [1.807, 2.05) is 45.9 Å². The molecular formula is C15H24N2O2. The Hall–Kier alpha value is -1.55. The summed E-state index contributed by atoms with van der Waals surface area (Å²) in [5, 5.41) is 2.90. The third-order valence-electron chi connectivity index (χ3n) is 2.68. The lowest BCUT2D eigenvalue weighted by atomic mass is 10.1. The van der Waals surface area contributed by atoms with E-state index in [4.69, 9.17) is 10.5 Å². The first-order chi connectivity index (χ1) is 8.74. The lowest BCUT2D eigenvalue weighted by Gasteiger charge is -2.24. The number of rotatable bonds is 4. The number of benzene rings is 1. The topological polar surface area (TPSA) is 64.3 Å². The summed E-state index contributed by atoms with van der Waals surface area (Å²) in [6, 6.07) is 5.80. The first-order valence-electron chi connectivity index (χ1n) is 6.52. The second-order valence-electron chi connectivity index (χ2n) is 5.77. The van der Waals surface area contributed by atoms with Crippen LogP contribution in [0.3, 0.4) is 0 Å². The SMILES string of the molecule is Cc1cccc(CN)c1OC(C)C(=O)NC(C)(C)C. The molecule has 0 fully saturated rings. The first-order valence-corrected chi connectivity index (χ1v) is 6.52. The van der Waals surface area contributed by atoms with E-state index < -0.39 is 6.10 Å². The van der Waals surface area contributed by atoms with Gasteiger partial charge in [-0.3, -0.25) is 4.79 Å². The minimum Gasteiger partial charge on any atom is -0.480 e. The van der Waals surface area contributed by atoms with Gasteiger partial charge < -0.3 is 15.8 Å². The fourth-order valence-corrected chi connectivity index (χ4v) is 1.74. The van der Waals surface area contributed by atoms with Crippen molar-refractivity contribution in [3.63, 3.8) is 0 Å². The zero-order valence-corrected chi connectivity index (χ0v) is 12.4. The van der Waals surface area contributed by atoms with E-state index in [2.05, 4.69) is 5.32 Å². The molecule has 19 heavy (non-hydrogen) atoms. The van der Waals surface area contributed by atoms with Gasteiger partial charge in [0.2, 0.25) is 0 Å². The van der Waals surface area contributed by atoms with Gasteiger partial charge in [0.25, 0.3) is 5.91 Å². The number of hydrogen-bond acceptors (Lipinski definition) is 3. The van der Waals surface area contributed by atoms with Crippen LogP contribution in [0.5, 0.6) is 5.75 Å². The largest absolute Gasteiger partial charge is 0.480 e. The third-order valence-corrected chi connectivity index (χ3v) is 2.68. The quantitative estimate of drug-likeness (QED) is 0.875. The zero-order valence-electron chi connectivity index (χ0n) is 12.4. The van der Waals surface area contributed by atoms with Gasteiger partial charge in [-0.05, 0) is 40.2 Å². The molecule has 4 nitrogen and oxygen atoms in total. The molecule has 0 saturated carbocycles. The number of nitrogens with one attached hydrogen (secondary N) is 1. The normalized spacial score (nSPS) is 12.9. The molecule has 0 radical (unpaired) electrons. The molecule has 1 rings (SSSR count). The molecule has 106 valence electrons. The molecule has 0 saturated heterocycles. The Morgan fingerprint density at radius 1 is 1.42 bits per heavy atom. The molecule has 3 N–H and O–H groups in total. The first kappa shape index (κ1) is 15.5. The summed E-state index contributed by atoms with van der Waals surface area (Å²) in [5.41, 5.74) is 7.32. The summed E-state index contributed by atoms with van der Waals surface area (Å²) in [5.74, 6) is 0.584. The Morgan fingerprint density at radius 2 is 2.05 bits per heavy atom. The Kier molecular flexibility index (Phi) is 4.95. The van der Waals surface area contributed by atoms with E-state index >= 15 is 0 Å². The zero-order chi connectivity index (χ0) is 14.6. The molecule has 1 atom stereocenters. The Morgan fingerprint density at radius 3 is 2.58 bits per heavy atom. The van der Waals surface area contributed by atoms with Gasteiger partial charge in [0, 0.05) is 17.6 Å². The summed E-state index contributed by atoms with van der Waals surface area (Å²) < 4.78 is 5.78. The minimum absolute atomic E-state index is 0.126. The second kappa shape index (κ2) is 6.06. The smallest absolute Gasteiger partial charge is 0.261 e. The van der Waals surface area contributed by atoms with Gasteiger partial charge in [0.05, 0.1) is 0 Å². The van der Waals surface area contributed by atoms with Crippen LogP contribution in [0.4, 0.5) is 0 Å². The van der Waals surface area contributed by atoms with E-state index in [-0.39, 0.29) is 11.4 Å². The van der Waals surface area contributed by atoms with Crippen molar-refractivity contribution in [3.8, 4) is 5.75 Å². The minimum atomic E-state index is -0.550. The van der Waals surface area contributed by atoms with Gasteiger partial charge in [-0.15, -0.1) is 0 Å². The number of carbonyl (C=O) groups is 1. The second-order valence-corrected chi connectivity index (χ2v) is 5.77. The summed E-state index contributed by atoms with van der Waals surface area (Å²) in [7, 11) is 0. The summed E-state index contributed by atoms with van der Waals surface area (Å²) in [6.07, 6.45) is -0.550. The fraction of sp³-hybridized carbons (Fsp3) is 0.533. The number of hydrogen-bond donors (Lipinski definition) is 2. The van der Waals surface area contributed by atoms with Gasteiger partial charge in [0.15, 0.2) is 6.10 Å². The van der Waals surface area contributed by atoms with Crippen LogP contribution >= 0.6 is 0 Å². The van der Waals surface area contributed by atoms with Crippen LogP contribution in [-0.4, -0.2) is 17.6 Å². The molecule has 1 unspecified atom stereocenters. The lowest BCUT2D eigenvalue weighted by Crippen LogP contribution is -2.46. The van der Waals surface area contributed by atoms with Crippen molar-refractivity contribution < 1.29 is 9.53 Å². The molecule has 4 heteroatoms. The Labute approximate surface area is 115 Å². The summed E-state index contributed by atoms with van der Waals surface area (Å²) in [6.45, 7) is 9.91. The number of carbonyl (C=O) groups excluding carboxylic acids is 1. The Bertz CT molecular complexity index is 450. The van der Waals surface area contributed by atoms with Crippen molar-refractivity contribution in [1.29, 1.82) is 0 Å². The van der Waals surface area contributed by atoms with Crippen molar-refractivity contribution in [2.75, 3.05) is 0 Å². The fourth-order valence-electron chi connectivity index (χ4n) is 1.74. The summed E-state index contributed by atoms with van der Waals surface area (Å²) >= 11 is 0. The van der Waals surface area contributed by atoms with Crippen LogP contribution in [0.1, 0.15) is 38.8 Å². The standard InChI is InChI=1S/C15H24N2O2/c1-10-7-6-8-12(9-16)13(10)19-11(2)14(18)17-15(3,4)5/h6-8,11H,9,16H2,1-5H3,(H,17,18). The highest BCUT2D eigenvalue weighted by molar-refractivity contribution is 5.81. The van der Waals surface area contributed by atoms with Crippen LogP contribution in [-0.2, 0) is 11.3 Å². The molecule has 1 aromatic carbocycles. The Balaban J connectivity index is 2.82. The highest BCUT2D eigenvalue weighted by atomic mass is 16.5. The monoisotopic (exact) mass is 264 g/mol. The van der Waals surface area contributed by atoms with Crippen molar-refractivity contribution in [2.24, 2.45) is 5.73 Å². The van der Waals surface area contributed by atoms with Crippen molar-refractivity contribution in [1.82, 2.24) is 5.32 Å². The van der Waals surface area contributed by atoms with E-state index in [0.29, 0.717) is 12.3 Å². The van der Waals surface area contributed by atoms with Crippen molar-refractivity contribution in [3.05, 3.63) is 29.3 Å². The van der Waals surface area contributed by atoms with Crippen LogP contribution in [0, 0.1) is 6.92 Å². The van der Waals surface area contributed by atoms with Crippen molar-refractivity contribution >= 4 is 5.91 Å². The predicted molar refractivity (Wildman–Crippen MR) is 77.1 cm³/mol. The molecule has 0 aliphatic carbocycles. The number of para-hydroxylation sites is 1. The van der Waals surface area contributed by atoms with Gasteiger partial charge in [-0.25, -0.2) is 0 Å². The molecule has 0 bridgehead atoms. The number of aryl methyl sites for hydroxylation is 1. The average Bonchev–Trinajstić information content (AvgIpc) is 2.29. The van der Waals surface area contributed by atoms with Gasteiger partial charge in [0.1, 0.15) is 5.75 Å². The maximum atomic E-state index is 12.0. The number of nitrogens with two attached hydrogens (primary N) is 1. The predicted octanol–water partition coefficient (Wildman–Crippen LogP) is 2.14. The van der Waals surface area contributed by atoms with Crippen LogP contribution in [0.15, 0.2) is 18.2 Å². The average molecular weight is 264 g/mol. The number of ether oxygens (including phenoxy) is 1. The van der Waals surface area contributed by atoms with E-state index in [0.717, 1.165) is 11.1 Å². The maximum Gasteiger partial charge on any atom is 0.261 e. The van der Waals surface area contributed by atoms with Gasteiger partial charge in [-0.1, -0.05) is 18.2 Å².